The van der Waals surface area contributed by atoms with E-state index in [1.165, 1.54) is 13.3 Å². The Morgan fingerprint density at radius 1 is 1.00 bits per heavy atom. The second-order valence-electron chi connectivity index (χ2n) is 11.5. The molecular weight excluding hydrogens is 588 g/mol. The predicted molar refractivity (Wildman–Crippen MR) is 168 cm³/mol. The number of amides is 1. The number of nitriles is 1. The number of carbonyl (C=O) groups excluding carboxylic acids is 1. The molecule has 1 saturated carbocycles. The Kier molecular flexibility index (Phi) is 9.11. The van der Waals surface area contributed by atoms with Crippen LogP contribution in [0.5, 0.6) is 6.01 Å². The van der Waals surface area contributed by atoms with Crippen molar-refractivity contribution in [1.29, 1.82) is 5.26 Å². The summed E-state index contributed by atoms with van der Waals surface area (Å²) in [5.74, 6) is 1.18. The Balaban J connectivity index is 1.15. The van der Waals surface area contributed by atoms with E-state index >= 15 is 0 Å². The molecule has 0 spiro atoms. The molecule has 2 aliphatic rings. The third-order valence-electron chi connectivity index (χ3n) is 7.97. The minimum Gasteiger partial charge on any atom is -0.467 e. The lowest BCUT2D eigenvalue weighted by Crippen LogP contribution is -2.53. The predicted octanol–water partition coefficient (Wildman–Crippen LogP) is 4.37. The topological polar surface area (TPSA) is 173 Å². The van der Waals surface area contributed by atoms with E-state index in [9.17, 15) is 10.1 Å². The molecule has 14 heteroatoms. The van der Waals surface area contributed by atoms with Gasteiger partial charge >= 0.3 is 12.1 Å². The van der Waals surface area contributed by atoms with Crippen molar-refractivity contribution in [2.24, 2.45) is 0 Å². The molecule has 1 aromatic carbocycles. The Morgan fingerprint density at radius 2 is 1.67 bits per heavy atom. The number of ether oxygens (including phenoxy) is 3. The molecule has 6 rings (SSSR count). The smallest absolute Gasteiger partial charge is 0.417 e. The first-order valence-electron chi connectivity index (χ1n) is 15.0. The van der Waals surface area contributed by atoms with E-state index in [0.29, 0.717) is 48.9 Å². The van der Waals surface area contributed by atoms with Gasteiger partial charge in [-0.1, -0.05) is 30.3 Å². The van der Waals surface area contributed by atoms with E-state index in [1.54, 1.807) is 29.7 Å². The monoisotopic (exact) mass is 622 g/mol. The number of methoxy groups -OCH3 is 1. The fourth-order valence-electron chi connectivity index (χ4n) is 5.40. The van der Waals surface area contributed by atoms with Gasteiger partial charge in [0.15, 0.2) is 0 Å². The molecule has 1 saturated heterocycles. The fourth-order valence-corrected chi connectivity index (χ4v) is 5.40. The molecule has 1 aliphatic heterocycles. The molecule has 3 aromatic heterocycles. The summed E-state index contributed by atoms with van der Waals surface area (Å²) < 4.78 is 16.1. The third kappa shape index (κ3) is 7.10. The van der Waals surface area contributed by atoms with Gasteiger partial charge in [0, 0.05) is 48.0 Å². The van der Waals surface area contributed by atoms with Gasteiger partial charge in [0.1, 0.15) is 24.1 Å². The van der Waals surface area contributed by atoms with Crippen LogP contribution in [0.3, 0.4) is 0 Å². The van der Waals surface area contributed by atoms with Crippen molar-refractivity contribution in [2.75, 3.05) is 35.9 Å². The van der Waals surface area contributed by atoms with E-state index in [-0.39, 0.29) is 36.2 Å². The summed E-state index contributed by atoms with van der Waals surface area (Å²) in [7, 11) is 1.50. The van der Waals surface area contributed by atoms with Gasteiger partial charge < -0.3 is 24.8 Å². The van der Waals surface area contributed by atoms with Crippen LogP contribution in [0.1, 0.15) is 43.7 Å². The molecule has 0 radical (unpaired) electrons. The zero-order valence-corrected chi connectivity index (χ0v) is 25.6. The zero-order valence-electron chi connectivity index (χ0n) is 25.6. The molecule has 236 valence electrons. The Labute approximate surface area is 266 Å². The SMILES string of the molecule is COc1ncc(-c2cnc(N(C(=O)OCc3ccccc3)C3CCC(Nc4ncc(C#N)c(NC5(C)COC5)n4)CC3)nc2)cn1. The van der Waals surface area contributed by atoms with Crippen molar-refractivity contribution in [1.82, 2.24) is 29.9 Å². The number of nitrogens with one attached hydrogen (secondary N) is 2. The minimum absolute atomic E-state index is 0.0696. The van der Waals surface area contributed by atoms with Crippen LogP contribution in [0.2, 0.25) is 0 Å². The Morgan fingerprint density at radius 3 is 2.28 bits per heavy atom. The summed E-state index contributed by atoms with van der Waals surface area (Å²) >= 11 is 0. The van der Waals surface area contributed by atoms with E-state index in [1.807, 2.05) is 37.3 Å². The van der Waals surface area contributed by atoms with Gasteiger partial charge in [0.05, 0.1) is 32.1 Å². The number of hydrogen-bond acceptors (Lipinski definition) is 13. The number of carbonyl (C=O) groups is 1. The highest BCUT2D eigenvalue weighted by molar-refractivity contribution is 5.86. The molecule has 2 N–H and O–H groups in total. The lowest BCUT2D eigenvalue weighted by atomic mass is 9.90. The third-order valence-corrected chi connectivity index (χ3v) is 7.97. The van der Waals surface area contributed by atoms with Crippen molar-refractivity contribution < 1.29 is 19.0 Å². The quantitative estimate of drug-likeness (QED) is 0.255. The first-order chi connectivity index (χ1) is 22.4. The van der Waals surface area contributed by atoms with Gasteiger partial charge in [-0.3, -0.25) is 0 Å². The maximum Gasteiger partial charge on any atom is 0.417 e. The van der Waals surface area contributed by atoms with Gasteiger partial charge in [-0.2, -0.15) is 10.2 Å². The molecule has 14 nitrogen and oxygen atoms in total. The standard InChI is InChI=1S/C32H34N10O4/c1-32(19-45-20-32)41-27-22(12-33)13-34-28(40-27)39-25-8-10-26(11-9-25)42(31(43)46-18-21-6-4-3-5-7-21)29-35-14-23(15-36-29)24-16-37-30(44-2)38-17-24/h3-7,13-17,25-26H,8-11,18-20H2,1-2H3,(H2,34,39,40,41). The maximum absolute atomic E-state index is 13.6. The normalized spacial score (nSPS) is 18.4. The van der Waals surface area contributed by atoms with Crippen LogP contribution in [0.15, 0.2) is 61.3 Å². The summed E-state index contributed by atoms with van der Waals surface area (Å²) in [4.78, 5) is 41.5. The van der Waals surface area contributed by atoms with E-state index < -0.39 is 6.09 Å². The molecule has 1 amide bonds. The zero-order chi connectivity index (χ0) is 31.9. The first-order valence-corrected chi connectivity index (χ1v) is 15.0. The van der Waals surface area contributed by atoms with Crippen molar-refractivity contribution in [2.45, 2.75) is 56.8 Å². The minimum atomic E-state index is -0.514. The van der Waals surface area contributed by atoms with Crippen molar-refractivity contribution in [3.63, 3.8) is 0 Å². The number of anilines is 3. The largest absolute Gasteiger partial charge is 0.467 e. The summed E-state index contributed by atoms with van der Waals surface area (Å²) in [6, 6.07) is 11.8. The lowest BCUT2D eigenvalue weighted by molar-refractivity contribution is -0.0320. The van der Waals surface area contributed by atoms with Gasteiger partial charge in [0.2, 0.25) is 11.9 Å². The summed E-state index contributed by atoms with van der Waals surface area (Å²) in [5.41, 5.74) is 2.41. The van der Waals surface area contributed by atoms with Crippen molar-refractivity contribution in [3.05, 3.63) is 72.4 Å². The van der Waals surface area contributed by atoms with E-state index in [4.69, 9.17) is 14.2 Å². The van der Waals surface area contributed by atoms with Gasteiger partial charge in [-0.25, -0.2) is 34.6 Å². The molecule has 4 aromatic rings. The van der Waals surface area contributed by atoms with Gasteiger partial charge in [-0.05, 0) is 38.2 Å². The molecule has 1 aliphatic carbocycles. The number of rotatable bonds is 10. The summed E-state index contributed by atoms with van der Waals surface area (Å²) in [6.45, 7) is 3.24. The molecule has 0 bridgehead atoms. The Bertz CT molecular complexity index is 1670. The highest BCUT2D eigenvalue weighted by Gasteiger charge is 2.35. The molecular formula is C32H34N10O4. The number of nitrogens with zero attached hydrogens (tertiary/aromatic N) is 8. The van der Waals surface area contributed by atoms with E-state index in [2.05, 4.69) is 46.6 Å². The van der Waals surface area contributed by atoms with Crippen molar-refractivity contribution in [3.8, 4) is 23.2 Å². The van der Waals surface area contributed by atoms with Crippen LogP contribution in [-0.2, 0) is 16.1 Å². The Hall–Kier alpha value is -5.42. The average molecular weight is 623 g/mol. The van der Waals surface area contributed by atoms with Crippen molar-refractivity contribution >= 4 is 23.8 Å². The van der Waals surface area contributed by atoms with Crippen LogP contribution in [0.25, 0.3) is 11.1 Å². The molecule has 0 unspecified atom stereocenters. The maximum atomic E-state index is 13.6. The van der Waals surface area contributed by atoms with E-state index in [0.717, 1.165) is 24.0 Å². The highest BCUT2D eigenvalue weighted by atomic mass is 16.6. The van der Waals surface area contributed by atoms with Crippen LogP contribution in [0, 0.1) is 11.3 Å². The second-order valence-corrected chi connectivity index (χ2v) is 11.5. The van der Waals surface area contributed by atoms with Gasteiger partial charge in [-0.15, -0.1) is 0 Å². The molecule has 2 fully saturated rings. The highest BCUT2D eigenvalue weighted by Crippen LogP contribution is 2.30. The van der Waals surface area contributed by atoms with Crippen LogP contribution in [-0.4, -0.2) is 73.9 Å². The number of aromatic nitrogens is 6. The van der Waals surface area contributed by atoms with Crippen LogP contribution < -0.4 is 20.3 Å². The average Bonchev–Trinajstić information content (AvgIpc) is 3.08. The summed E-state index contributed by atoms with van der Waals surface area (Å²) in [5, 5.41) is 16.3. The lowest BCUT2D eigenvalue weighted by Gasteiger charge is -2.39. The van der Waals surface area contributed by atoms with Crippen LogP contribution in [0.4, 0.5) is 22.5 Å². The molecule has 4 heterocycles. The molecule has 46 heavy (non-hydrogen) atoms. The second kappa shape index (κ2) is 13.7. The fraction of sp³-hybridized carbons (Fsp3) is 0.375. The first kappa shape index (κ1) is 30.6. The molecule has 0 atom stereocenters. The summed E-state index contributed by atoms with van der Waals surface area (Å²) in [6.07, 6.45) is 10.4. The number of hydrogen-bond donors (Lipinski definition) is 2. The van der Waals surface area contributed by atoms with Crippen LogP contribution >= 0.6 is 0 Å². The number of benzene rings is 1. The van der Waals surface area contributed by atoms with Gasteiger partial charge in [0.25, 0.3) is 0 Å².